The van der Waals surface area contributed by atoms with Crippen molar-refractivity contribution in [3.63, 3.8) is 0 Å². The van der Waals surface area contributed by atoms with Gasteiger partial charge in [0.05, 0.1) is 0 Å². The molecule has 0 aromatic heterocycles. The maximum Gasteiger partial charge on any atom is 1.00 e. The van der Waals surface area contributed by atoms with Crippen LogP contribution in [0.3, 0.4) is 0 Å². The molecule has 0 amide bonds. The summed E-state index contributed by atoms with van der Waals surface area (Å²) in [4.78, 5) is 0. The molecular weight excluding hydrogens is 190 g/mol. The van der Waals surface area contributed by atoms with E-state index in [1.54, 1.807) is 12.2 Å². The van der Waals surface area contributed by atoms with E-state index in [-0.39, 0.29) is 59.1 Å². The van der Waals surface area contributed by atoms with Gasteiger partial charge in [0.15, 0.2) is 0 Å². The van der Waals surface area contributed by atoms with Crippen molar-refractivity contribution in [2.75, 3.05) is 0 Å². The van der Waals surface area contributed by atoms with Gasteiger partial charge in [-0.15, -0.1) is 0 Å². The molecule has 0 heterocycles. The van der Waals surface area contributed by atoms with Gasteiger partial charge in [0, 0.05) is 10.4 Å². The van der Waals surface area contributed by atoms with Crippen molar-refractivity contribution in [2.24, 2.45) is 0 Å². The maximum atomic E-state index is 8.52. The third kappa shape index (κ3) is 180. The summed E-state index contributed by atoms with van der Waals surface area (Å²) in [5.41, 5.74) is 0. The summed E-state index contributed by atoms with van der Waals surface area (Å²) in [5.74, 6) is 0. The van der Waals surface area contributed by atoms with Crippen LogP contribution in [0.4, 0.5) is 0 Å². The van der Waals surface area contributed by atoms with Crippen LogP contribution in [0.5, 0.6) is 0 Å². The van der Waals surface area contributed by atoms with Crippen LogP contribution in [-0.4, -0.2) is 17.5 Å². The van der Waals surface area contributed by atoms with E-state index in [9.17, 15) is 0 Å². The Hall–Kier alpha value is 1.35. The molecule has 0 aromatic carbocycles. The molecule has 11 heavy (non-hydrogen) atoms. The summed E-state index contributed by atoms with van der Waals surface area (Å²) in [6.45, 7) is 6.72. The van der Waals surface area contributed by atoms with Crippen LogP contribution in [0.1, 0.15) is 0 Å². The summed E-state index contributed by atoms with van der Waals surface area (Å²) >= 11 is 0. The Morgan fingerprint density at radius 2 is 1.09 bits per heavy atom. The van der Waals surface area contributed by atoms with Gasteiger partial charge in [-0.05, 0) is 0 Å². The Morgan fingerprint density at radius 1 is 1.00 bits per heavy atom. The predicted octanol–water partition coefficient (Wildman–Crippen LogP) is -5.97. The summed E-state index contributed by atoms with van der Waals surface area (Å²) in [5, 5.41) is 0. The molecule has 0 saturated carbocycles. The smallest absolute Gasteiger partial charge is 0.759 e. The first kappa shape index (κ1) is 22.8. The van der Waals surface area contributed by atoms with E-state index in [2.05, 4.69) is 13.2 Å². The van der Waals surface area contributed by atoms with Gasteiger partial charge >= 0.3 is 59.1 Å². The fraction of sp³-hybridized carbons (Fsp3) is 0. The van der Waals surface area contributed by atoms with Crippen LogP contribution in [0.15, 0.2) is 25.3 Å². The van der Waals surface area contributed by atoms with E-state index in [0.29, 0.717) is 0 Å². The molecule has 0 aliphatic carbocycles. The predicted molar refractivity (Wildman–Crippen MR) is 30.9 cm³/mol. The molecule has 0 unspecified atom stereocenters. The van der Waals surface area contributed by atoms with Crippen LogP contribution < -0.4 is 59.1 Å². The first-order chi connectivity index (χ1) is 3.91. The summed E-state index contributed by atoms with van der Waals surface area (Å²) in [6.07, 6.45) is 3.28. The van der Waals surface area contributed by atoms with Gasteiger partial charge in [-0.25, -0.2) is 0 Å². The van der Waals surface area contributed by atoms with Gasteiger partial charge in [-0.3, -0.25) is 8.42 Å². The van der Waals surface area contributed by atoms with Crippen LogP contribution >= 0.6 is 0 Å². The Balaban J connectivity index is -0.0000000383. The standard InChI is InChI=1S/C4H6.2Na.H2O4S/c1-3-4-2;;;1-5(2,3)4/h3-4H,1-2H2;;;(H2,1,2,3,4)/q;2*+1;/p-2. The van der Waals surface area contributed by atoms with Gasteiger partial charge in [0.25, 0.3) is 0 Å². The quantitative estimate of drug-likeness (QED) is 0.181. The topological polar surface area (TPSA) is 80.3 Å². The van der Waals surface area contributed by atoms with Crippen molar-refractivity contribution < 1.29 is 76.6 Å². The average Bonchev–Trinajstić information content (AvgIpc) is 1.61. The number of hydrogen-bond donors (Lipinski definition) is 0. The minimum atomic E-state index is -5.17. The van der Waals surface area contributed by atoms with Crippen molar-refractivity contribution >= 4 is 10.4 Å². The molecule has 0 aromatic rings. The molecule has 0 fully saturated rings. The van der Waals surface area contributed by atoms with Gasteiger partial charge in [0.1, 0.15) is 0 Å². The van der Waals surface area contributed by atoms with Crippen molar-refractivity contribution in [1.29, 1.82) is 0 Å². The zero-order valence-corrected chi connectivity index (χ0v) is 11.4. The molecule has 0 bridgehead atoms. The maximum absolute atomic E-state index is 8.52. The van der Waals surface area contributed by atoms with Crippen molar-refractivity contribution in [3.8, 4) is 0 Å². The van der Waals surface area contributed by atoms with E-state index < -0.39 is 10.4 Å². The van der Waals surface area contributed by atoms with E-state index >= 15 is 0 Å². The monoisotopic (exact) mass is 196 g/mol. The molecular formula is C4H6Na2O4S. The Kier molecular flexibility index (Phi) is 28.9. The van der Waals surface area contributed by atoms with E-state index in [4.69, 9.17) is 17.5 Å². The molecule has 4 nitrogen and oxygen atoms in total. The SMILES string of the molecule is C=CC=C.O=S(=O)([O-])[O-].[Na+].[Na+]. The zero-order valence-electron chi connectivity index (χ0n) is 6.61. The van der Waals surface area contributed by atoms with Crippen LogP contribution in [0, 0.1) is 0 Å². The summed E-state index contributed by atoms with van der Waals surface area (Å²) in [7, 11) is -5.17. The first-order valence-electron chi connectivity index (χ1n) is 1.82. The molecule has 54 valence electrons. The van der Waals surface area contributed by atoms with E-state index in [1.165, 1.54) is 0 Å². The van der Waals surface area contributed by atoms with Crippen molar-refractivity contribution in [2.45, 2.75) is 0 Å². The third-order valence-corrected chi connectivity index (χ3v) is 0.167. The third-order valence-electron chi connectivity index (χ3n) is 0.167. The average molecular weight is 196 g/mol. The first-order valence-corrected chi connectivity index (χ1v) is 3.15. The largest absolute Gasteiger partial charge is 1.00 e. The van der Waals surface area contributed by atoms with Crippen LogP contribution in [0.2, 0.25) is 0 Å². The van der Waals surface area contributed by atoms with E-state index in [1.807, 2.05) is 0 Å². The van der Waals surface area contributed by atoms with Crippen LogP contribution in [0.25, 0.3) is 0 Å². The minimum Gasteiger partial charge on any atom is -0.759 e. The molecule has 0 spiro atoms. The van der Waals surface area contributed by atoms with Gasteiger partial charge in [-0.1, -0.05) is 25.3 Å². The number of allylic oxidation sites excluding steroid dienone is 2. The van der Waals surface area contributed by atoms with Gasteiger partial charge in [0.2, 0.25) is 0 Å². The Morgan fingerprint density at radius 3 is 1.09 bits per heavy atom. The van der Waals surface area contributed by atoms with Crippen LogP contribution in [-0.2, 0) is 10.4 Å². The normalized spacial score (nSPS) is 7.09. The molecule has 0 radical (unpaired) electrons. The summed E-state index contributed by atoms with van der Waals surface area (Å²) in [6, 6.07) is 0. The van der Waals surface area contributed by atoms with Gasteiger partial charge in [-0.2, -0.15) is 0 Å². The molecule has 0 atom stereocenters. The molecule has 0 saturated heterocycles. The number of rotatable bonds is 1. The zero-order chi connectivity index (χ0) is 7.91. The molecule has 0 N–H and O–H groups in total. The molecule has 7 heteroatoms. The fourth-order valence-electron chi connectivity index (χ4n) is 0. The van der Waals surface area contributed by atoms with E-state index in [0.717, 1.165) is 0 Å². The second kappa shape index (κ2) is 13.9. The minimum absolute atomic E-state index is 0. The van der Waals surface area contributed by atoms with Crippen molar-refractivity contribution in [3.05, 3.63) is 25.3 Å². The molecule has 0 aliphatic heterocycles. The second-order valence-electron chi connectivity index (χ2n) is 0.880. The molecule has 0 rings (SSSR count). The fourth-order valence-corrected chi connectivity index (χ4v) is 0. The Bertz CT molecular complexity index is 161. The Labute approximate surface area is 111 Å². The van der Waals surface area contributed by atoms with Gasteiger partial charge < -0.3 is 9.11 Å². The molecule has 0 aliphatic rings. The van der Waals surface area contributed by atoms with Crippen molar-refractivity contribution in [1.82, 2.24) is 0 Å². The second-order valence-corrected chi connectivity index (χ2v) is 1.70. The summed E-state index contributed by atoms with van der Waals surface area (Å²) < 4.78 is 34.1. The number of hydrogen-bond acceptors (Lipinski definition) is 4.